The third-order valence-electron chi connectivity index (χ3n) is 2.33. The average Bonchev–Trinajstić information content (AvgIpc) is 2.36. The minimum absolute atomic E-state index is 0.197. The molecule has 1 aromatic carbocycles. The van der Waals surface area contributed by atoms with E-state index >= 15 is 0 Å². The molecule has 0 aliphatic heterocycles. The molecule has 0 unspecified atom stereocenters. The second kappa shape index (κ2) is 8.11. The maximum Gasteiger partial charge on any atom is 0.260 e. The maximum atomic E-state index is 12.8. The first-order valence-corrected chi connectivity index (χ1v) is 6.48. The van der Waals surface area contributed by atoms with Crippen LogP contribution in [0.3, 0.4) is 0 Å². The molecule has 0 aromatic heterocycles. The zero-order chi connectivity index (χ0) is 15.1. The summed E-state index contributed by atoms with van der Waals surface area (Å²) in [5.41, 5.74) is 0. The molecule has 1 N–H and O–H groups in total. The smallest absolute Gasteiger partial charge is 0.260 e. The number of ether oxygens (including phenoxy) is 1. The van der Waals surface area contributed by atoms with Gasteiger partial charge in [0.1, 0.15) is 11.6 Å². The summed E-state index contributed by atoms with van der Waals surface area (Å²) >= 11 is 3.06. The van der Waals surface area contributed by atoms with Gasteiger partial charge in [-0.2, -0.15) is 0 Å². The second-order valence-electron chi connectivity index (χ2n) is 3.82. The first kappa shape index (κ1) is 16.8. The van der Waals surface area contributed by atoms with E-state index < -0.39 is 37.9 Å². The molecule has 0 fully saturated rings. The molecule has 0 atom stereocenters. The van der Waals surface area contributed by atoms with Gasteiger partial charge in [-0.3, -0.25) is 4.79 Å². The Morgan fingerprint density at radius 3 is 2.70 bits per heavy atom. The zero-order valence-electron chi connectivity index (χ0n) is 10.4. The average molecular weight is 356 g/mol. The number of carbonyl (C=O) groups is 1. The van der Waals surface area contributed by atoms with Crippen LogP contribution in [0.5, 0.6) is 5.75 Å². The van der Waals surface area contributed by atoms with Crippen LogP contribution < -0.4 is 4.74 Å². The quantitative estimate of drug-likeness (QED) is 0.814. The summed E-state index contributed by atoms with van der Waals surface area (Å²) in [4.78, 5) is 12.5. The minimum Gasteiger partial charge on any atom is -0.483 e. The van der Waals surface area contributed by atoms with Crippen LogP contribution in [0, 0.1) is 5.82 Å². The Balaban J connectivity index is 2.59. The van der Waals surface area contributed by atoms with Gasteiger partial charge in [-0.05, 0) is 34.1 Å². The molecule has 1 amide bonds. The lowest BCUT2D eigenvalue weighted by Crippen LogP contribution is -2.40. The van der Waals surface area contributed by atoms with Gasteiger partial charge in [-0.25, -0.2) is 13.2 Å². The molecule has 1 aromatic rings. The molecule has 0 radical (unpaired) electrons. The number of rotatable bonds is 7. The van der Waals surface area contributed by atoms with Crippen LogP contribution in [0.4, 0.5) is 13.2 Å². The van der Waals surface area contributed by atoms with Crippen molar-refractivity contribution in [2.75, 3.05) is 26.3 Å². The highest BCUT2D eigenvalue weighted by Gasteiger charge is 2.18. The number of hydrogen-bond donors (Lipinski definition) is 1. The lowest BCUT2D eigenvalue weighted by atomic mass is 10.3. The molecule has 0 heterocycles. The Hall–Kier alpha value is -1.28. The predicted octanol–water partition coefficient (Wildman–Crippen LogP) is 2.05. The maximum absolute atomic E-state index is 12.8. The highest BCUT2D eigenvalue weighted by molar-refractivity contribution is 9.10. The minimum atomic E-state index is -2.69. The van der Waals surface area contributed by atoms with Crippen molar-refractivity contribution in [2.24, 2.45) is 0 Å². The van der Waals surface area contributed by atoms with Crippen molar-refractivity contribution in [2.45, 2.75) is 6.43 Å². The van der Waals surface area contributed by atoms with Crippen LogP contribution >= 0.6 is 15.9 Å². The van der Waals surface area contributed by atoms with Crippen LogP contribution in [0.25, 0.3) is 0 Å². The highest BCUT2D eigenvalue weighted by Crippen LogP contribution is 2.25. The normalized spacial score (nSPS) is 10.7. The lowest BCUT2D eigenvalue weighted by Gasteiger charge is -2.21. The standard InChI is InChI=1S/C12H13BrF3NO3/c13-9-5-8(14)1-2-10(9)20-7-12(19)17(3-4-18)6-11(15)16/h1-2,5,11,18H,3-4,6-7H2. The second-order valence-corrected chi connectivity index (χ2v) is 4.67. The summed E-state index contributed by atoms with van der Waals surface area (Å²) in [5, 5.41) is 8.73. The molecule has 0 saturated heterocycles. The van der Waals surface area contributed by atoms with Crippen molar-refractivity contribution >= 4 is 21.8 Å². The summed E-state index contributed by atoms with van der Waals surface area (Å²) in [5.74, 6) is -0.938. The summed E-state index contributed by atoms with van der Waals surface area (Å²) in [6, 6.07) is 3.62. The van der Waals surface area contributed by atoms with E-state index in [1.807, 2.05) is 0 Å². The van der Waals surface area contributed by atoms with Crippen molar-refractivity contribution in [3.05, 3.63) is 28.5 Å². The summed E-state index contributed by atoms with van der Waals surface area (Å²) in [7, 11) is 0. The lowest BCUT2D eigenvalue weighted by molar-refractivity contribution is -0.135. The van der Waals surface area contributed by atoms with E-state index in [1.165, 1.54) is 6.07 Å². The number of nitrogens with zero attached hydrogens (tertiary/aromatic N) is 1. The van der Waals surface area contributed by atoms with Crippen molar-refractivity contribution in [3.63, 3.8) is 0 Å². The fraction of sp³-hybridized carbons (Fsp3) is 0.417. The zero-order valence-corrected chi connectivity index (χ0v) is 11.9. The number of halogens is 4. The Kier molecular flexibility index (Phi) is 6.80. The van der Waals surface area contributed by atoms with Crippen molar-refractivity contribution < 1.29 is 27.8 Å². The fourth-order valence-electron chi connectivity index (χ4n) is 1.43. The van der Waals surface area contributed by atoms with Crippen molar-refractivity contribution in [1.29, 1.82) is 0 Å². The monoisotopic (exact) mass is 355 g/mol. The van der Waals surface area contributed by atoms with Gasteiger partial charge in [0, 0.05) is 6.54 Å². The first-order chi connectivity index (χ1) is 9.43. The Morgan fingerprint density at radius 2 is 2.15 bits per heavy atom. The predicted molar refractivity (Wildman–Crippen MR) is 69.3 cm³/mol. The van der Waals surface area contributed by atoms with Gasteiger partial charge in [0.2, 0.25) is 0 Å². The Bertz CT molecular complexity index is 460. The molecule has 8 heteroatoms. The van der Waals surface area contributed by atoms with Crippen molar-refractivity contribution in [3.8, 4) is 5.75 Å². The molecule has 112 valence electrons. The topological polar surface area (TPSA) is 49.8 Å². The van der Waals surface area contributed by atoms with Crippen LogP contribution in [0.15, 0.2) is 22.7 Å². The van der Waals surface area contributed by atoms with Crippen LogP contribution in [0.1, 0.15) is 0 Å². The van der Waals surface area contributed by atoms with Crippen LogP contribution in [-0.2, 0) is 4.79 Å². The molecular weight excluding hydrogens is 343 g/mol. The van der Waals surface area contributed by atoms with E-state index in [9.17, 15) is 18.0 Å². The summed E-state index contributed by atoms with van der Waals surface area (Å²) < 4.78 is 42.8. The molecule has 4 nitrogen and oxygen atoms in total. The van der Waals surface area contributed by atoms with Crippen LogP contribution in [0.2, 0.25) is 0 Å². The third-order valence-corrected chi connectivity index (χ3v) is 2.95. The number of aliphatic hydroxyl groups is 1. The van der Waals surface area contributed by atoms with Crippen molar-refractivity contribution in [1.82, 2.24) is 4.90 Å². The number of benzene rings is 1. The summed E-state index contributed by atoms with van der Waals surface area (Å²) in [6.45, 7) is -1.86. The number of amides is 1. The van der Waals surface area contributed by atoms with E-state index in [-0.39, 0.29) is 12.3 Å². The van der Waals surface area contributed by atoms with Gasteiger partial charge in [0.05, 0.1) is 17.6 Å². The van der Waals surface area contributed by atoms with Gasteiger partial charge >= 0.3 is 0 Å². The van der Waals surface area contributed by atoms with Crippen LogP contribution in [-0.4, -0.2) is 48.6 Å². The number of carbonyl (C=O) groups excluding carboxylic acids is 1. The number of alkyl halides is 2. The molecule has 0 bridgehead atoms. The summed E-state index contributed by atoms with van der Waals surface area (Å²) in [6.07, 6.45) is -2.69. The molecule has 0 saturated carbocycles. The molecule has 0 aliphatic carbocycles. The van der Waals surface area contributed by atoms with Gasteiger partial charge in [-0.15, -0.1) is 0 Å². The van der Waals surface area contributed by atoms with E-state index in [0.717, 1.165) is 17.0 Å². The van der Waals surface area contributed by atoms with Gasteiger partial charge in [0.15, 0.2) is 6.61 Å². The number of hydrogen-bond acceptors (Lipinski definition) is 3. The van der Waals surface area contributed by atoms with Gasteiger partial charge in [0.25, 0.3) is 12.3 Å². The SMILES string of the molecule is O=C(COc1ccc(F)cc1Br)N(CCO)CC(F)F. The van der Waals surface area contributed by atoms with Gasteiger partial charge in [-0.1, -0.05) is 0 Å². The third kappa shape index (κ3) is 5.38. The van der Waals surface area contributed by atoms with E-state index in [2.05, 4.69) is 15.9 Å². The van der Waals surface area contributed by atoms with E-state index in [1.54, 1.807) is 0 Å². The van der Waals surface area contributed by atoms with E-state index in [4.69, 9.17) is 9.84 Å². The Morgan fingerprint density at radius 1 is 1.45 bits per heavy atom. The highest BCUT2D eigenvalue weighted by atomic mass is 79.9. The molecule has 0 spiro atoms. The largest absolute Gasteiger partial charge is 0.483 e. The molecule has 20 heavy (non-hydrogen) atoms. The molecule has 0 aliphatic rings. The number of aliphatic hydroxyl groups excluding tert-OH is 1. The van der Waals surface area contributed by atoms with E-state index in [0.29, 0.717) is 4.47 Å². The Labute approximate surface area is 122 Å². The fourth-order valence-corrected chi connectivity index (χ4v) is 1.89. The molecule has 1 rings (SSSR count). The molecular formula is C12H13BrF3NO3. The first-order valence-electron chi connectivity index (χ1n) is 5.68. The van der Waals surface area contributed by atoms with Gasteiger partial charge < -0.3 is 14.7 Å².